The van der Waals surface area contributed by atoms with Crippen LogP contribution in [0.25, 0.3) is 0 Å². The minimum absolute atomic E-state index is 0.121. The fourth-order valence-corrected chi connectivity index (χ4v) is 2.06. The molecule has 0 radical (unpaired) electrons. The first-order valence-electron chi connectivity index (χ1n) is 3.58. The molecule has 0 aliphatic rings. The molecule has 0 amide bonds. The molecule has 1 rings (SSSR count). The lowest BCUT2D eigenvalue weighted by Gasteiger charge is -2.02. The molecule has 0 aliphatic heterocycles. The molecule has 0 saturated heterocycles. The number of benzene rings is 1. The van der Waals surface area contributed by atoms with E-state index in [0.29, 0.717) is 10.0 Å². The molecule has 0 atom stereocenters. The van der Waals surface area contributed by atoms with Crippen molar-refractivity contribution in [3.05, 3.63) is 36.8 Å². The molecule has 0 N–H and O–H groups in total. The van der Waals surface area contributed by atoms with Crippen LogP contribution in [0.1, 0.15) is 17.3 Å². The zero-order valence-corrected chi connectivity index (χ0v) is 10.3. The predicted octanol–water partition coefficient (Wildman–Crippen LogP) is 3.32. The number of Topliss-reactive ketones (excluding diaryl/α,β-unsaturated/α-hetero) is 1. The molecule has 4 nitrogen and oxygen atoms in total. The number of carbonyl (C=O) groups is 1. The molecule has 1 aromatic rings. The average molecular weight is 323 g/mol. The van der Waals surface area contributed by atoms with Crippen LogP contribution in [0.4, 0.5) is 5.69 Å². The summed E-state index contributed by atoms with van der Waals surface area (Å²) in [5, 5.41) is 10.6. The SMILES string of the molecule is CC(=O)c1cc(Br)cc([N+](=O)[O-])c1Br. The van der Waals surface area contributed by atoms with Crippen LogP contribution in [0.5, 0.6) is 0 Å². The number of halogens is 2. The number of ketones is 1. The second-order valence-corrected chi connectivity index (χ2v) is 4.31. The first kappa shape index (κ1) is 11.3. The average Bonchev–Trinajstić information content (AvgIpc) is 2.07. The van der Waals surface area contributed by atoms with E-state index in [1.54, 1.807) is 6.07 Å². The van der Waals surface area contributed by atoms with Crippen LogP contribution in [-0.4, -0.2) is 10.7 Å². The quantitative estimate of drug-likeness (QED) is 0.476. The van der Waals surface area contributed by atoms with Gasteiger partial charge in [0.15, 0.2) is 5.78 Å². The summed E-state index contributed by atoms with van der Waals surface area (Å²) in [6.07, 6.45) is 0. The van der Waals surface area contributed by atoms with E-state index >= 15 is 0 Å². The highest BCUT2D eigenvalue weighted by molar-refractivity contribution is 9.11. The van der Waals surface area contributed by atoms with Gasteiger partial charge in [-0.15, -0.1) is 0 Å². The molecule has 0 heterocycles. The Morgan fingerprint density at radius 3 is 2.43 bits per heavy atom. The van der Waals surface area contributed by atoms with Gasteiger partial charge in [-0.2, -0.15) is 0 Å². The molecular weight excluding hydrogens is 318 g/mol. The van der Waals surface area contributed by atoms with E-state index in [1.165, 1.54) is 13.0 Å². The number of carbonyl (C=O) groups excluding carboxylic acids is 1. The monoisotopic (exact) mass is 321 g/mol. The molecule has 1 aromatic carbocycles. The third kappa shape index (κ3) is 2.19. The van der Waals surface area contributed by atoms with Gasteiger partial charge in [0.25, 0.3) is 5.69 Å². The normalized spacial score (nSPS) is 9.93. The second-order valence-electron chi connectivity index (χ2n) is 2.60. The summed E-state index contributed by atoms with van der Waals surface area (Å²) < 4.78 is 0.732. The number of nitro benzene ring substituents is 1. The fraction of sp³-hybridized carbons (Fsp3) is 0.125. The van der Waals surface area contributed by atoms with Gasteiger partial charge in [0.1, 0.15) is 4.47 Å². The Kier molecular flexibility index (Phi) is 3.38. The first-order valence-corrected chi connectivity index (χ1v) is 5.16. The highest BCUT2D eigenvalue weighted by Crippen LogP contribution is 2.32. The summed E-state index contributed by atoms with van der Waals surface area (Å²) in [4.78, 5) is 21.2. The number of rotatable bonds is 2. The fourth-order valence-electron chi connectivity index (χ4n) is 0.964. The van der Waals surface area contributed by atoms with Gasteiger partial charge in [0.2, 0.25) is 0 Å². The van der Waals surface area contributed by atoms with Gasteiger partial charge < -0.3 is 0 Å². The zero-order valence-electron chi connectivity index (χ0n) is 7.08. The number of nitro groups is 1. The molecular formula is C8H5Br2NO3. The van der Waals surface area contributed by atoms with Crippen LogP contribution in [0, 0.1) is 10.1 Å². The lowest BCUT2D eigenvalue weighted by Crippen LogP contribution is -1.98. The van der Waals surface area contributed by atoms with E-state index in [4.69, 9.17) is 0 Å². The molecule has 74 valence electrons. The van der Waals surface area contributed by atoms with Gasteiger partial charge >= 0.3 is 0 Å². The maximum atomic E-state index is 11.1. The van der Waals surface area contributed by atoms with E-state index in [0.717, 1.165) is 0 Å². The first-order chi connectivity index (χ1) is 6.43. The second kappa shape index (κ2) is 4.18. The highest BCUT2D eigenvalue weighted by atomic mass is 79.9. The Labute approximate surface area is 96.7 Å². The Hall–Kier alpha value is -0.750. The molecule has 14 heavy (non-hydrogen) atoms. The van der Waals surface area contributed by atoms with E-state index in [1.807, 2.05) is 0 Å². The summed E-state index contributed by atoms with van der Waals surface area (Å²) in [6, 6.07) is 2.88. The molecule has 0 saturated carbocycles. The van der Waals surface area contributed by atoms with Gasteiger partial charge in [-0.25, -0.2) is 0 Å². The summed E-state index contributed by atoms with van der Waals surface area (Å²) in [6.45, 7) is 1.36. The maximum absolute atomic E-state index is 11.1. The third-order valence-corrected chi connectivity index (χ3v) is 2.89. The van der Waals surface area contributed by atoms with Crippen LogP contribution in [0.3, 0.4) is 0 Å². The number of hydrogen-bond acceptors (Lipinski definition) is 3. The lowest BCUT2D eigenvalue weighted by atomic mass is 10.1. The summed E-state index contributed by atoms with van der Waals surface area (Å²) in [5.41, 5.74) is 0.177. The van der Waals surface area contributed by atoms with E-state index in [2.05, 4.69) is 31.9 Å². The lowest BCUT2D eigenvalue weighted by molar-refractivity contribution is -0.385. The van der Waals surface area contributed by atoms with Gasteiger partial charge in [-0.05, 0) is 28.9 Å². The molecule has 6 heteroatoms. The van der Waals surface area contributed by atoms with Crippen molar-refractivity contribution >= 4 is 43.3 Å². The highest BCUT2D eigenvalue weighted by Gasteiger charge is 2.18. The van der Waals surface area contributed by atoms with Crippen molar-refractivity contribution in [2.75, 3.05) is 0 Å². The van der Waals surface area contributed by atoms with Crippen molar-refractivity contribution in [2.24, 2.45) is 0 Å². The van der Waals surface area contributed by atoms with Crippen LogP contribution >= 0.6 is 31.9 Å². The van der Waals surface area contributed by atoms with Gasteiger partial charge in [0, 0.05) is 16.1 Å². The van der Waals surface area contributed by atoms with Crippen molar-refractivity contribution in [3.8, 4) is 0 Å². The Morgan fingerprint density at radius 1 is 1.43 bits per heavy atom. The molecule has 0 aromatic heterocycles. The molecule has 0 fully saturated rings. The largest absolute Gasteiger partial charge is 0.294 e. The van der Waals surface area contributed by atoms with Crippen molar-refractivity contribution in [2.45, 2.75) is 6.92 Å². The van der Waals surface area contributed by atoms with Gasteiger partial charge in [0.05, 0.1) is 4.92 Å². The molecule has 0 bridgehead atoms. The third-order valence-electron chi connectivity index (χ3n) is 1.59. The molecule has 0 aliphatic carbocycles. The molecule has 0 unspecified atom stereocenters. The van der Waals surface area contributed by atoms with Gasteiger partial charge in [-0.1, -0.05) is 15.9 Å². The van der Waals surface area contributed by atoms with Gasteiger partial charge in [-0.3, -0.25) is 14.9 Å². The van der Waals surface area contributed by atoms with E-state index in [9.17, 15) is 14.9 Å². The van der Waals surface area contributed by atoms with Crippen molar-refractivity contribution < 1.29 is 9.72 Å². The van der Waals surface area contributed by atoms with Crippen LogP contribution < -0.4 is 0 Å². The minimum atomic E-state index is -0.540. The van der Waals surface area contributed by atoms with Crippen LogP contribution in [0.15, 0.2) is 21.1 Å². The van der Waals surface area contributed by atoms with Crippen LogP contribution in [0.2, 0.25) is 0 Å². The van der Waals surface area contributed by atoms with Crippen molar-refractivity contribution in [1.29, 1.82) is 0 Å². The minimum Gasteiger partial charge on any atom is -0.294 e. The Bertz CT molecular complexity index is 382. The maximum Gasteiger partial charge on any atom is 0.285 e. The Morgan fingerprint density at radius 2 is 2.00 bits per heavy atom. The predicted molar refractivity (Wildman–Crippen MR) is 58.5 cm³/mol. The smallest absolute Gasteiger partial charge is 0.285 e. The van der Waals surface area contributed by atoms with Crippen LogP contribution in [-0.2, 0) is 0 Å². The standard InChI is InChI=1S/C8H5Br2NO3/c1-4(12)6-2-5(9)3-7(8(6)10)11(13)14/h2-3H,1H3. The van der Waals surface area contributed by atoms with Crippen molar-refractivity contribution in [3.63, 3.8) is 0 Å². The Balaban J connectivity index is 3.47. The van der Waals surface area contributed by atoms with Crippen molar-refractivity contribution in [1.82, 2.24) is 0 Å². The van der Waals surface area contributed by atoms with E-state index in [-0.39, 0.29) is 15.9 Å². The van der Waals surface area contributed by atoms with E-state index < -0.39 is 4.92 Å². The summed E-state index contributed by atoms with van der Waals surface area (Å²) >= 11 is 6.14. The number of hydrogen-bond donors (Lipinski definition) is 0. The zero-order chi connectivity index (χ0) is 10.9. The topological polar surface area (TPSA) is 60.2 Å². The molecule has 0 spiro atoms. The number of nitrogens with zero attached hydrogens (tertiary/aromatic N) is 1. The summed E-state index contributed by atoms with van der Waals surface area (Å²) in [7, 11) is 0. The summed E-state index contributed by atoms with van der Waals surface area (Å²) in [5.74, 6) is -0.221.